The highest BCUT2D eigenvalue weighted by atomic mass is 35.5. The maximum absolute atomic E-state index is 12.3. The van der Waals surface area contributed by atoms with E-state index in [4.69, 9.17) is 11.6 Å². The molecule has 5 nitrogen and oxygen atoms in total. The summed E-state index contributed by atoms with van der Waals surface area (Å²) in [6.07, 6.45) is 0.720. The van der Waals surface area contributed by atoms with Crippen molar-refractivity contribution in [1.82, 2.24) is 19.9 Å². The average Bonchev–Trinajstić information content (AvgIpc) is 3.22. The van der Waals surface area contributed by atoms with Crippen molar-refractivity contribution in [2.75, 3.05) is 6.54 Å². The predicted molar refractivity (Wildman–Crippen MR) is 113 cm³/mol. The quantitative estimate of drug-likeness (QED) is 0.518. The SMILES string of the molecule is Cc1ccc(-c2nc3sc(CCNC(=O)c4ccccc4Cl)c(C)n3n2)cc1. The van der Waals surface area contributed by atoms with Gasteiger partial charge in [0.25, 0.3) is 5.91 Å². The summed E-state index contributed by atoms with van der Waals surface area (Å²) in [6.45, 7) is 4.62. The van der Waals surface area contributed by atoms with Gasteiger partial charge in [-0.1, -0.05) is 64.9 Å². The van der Waals surface area contributed by atoms with Crippen molar-refractivity contribution in [3.63, 3.8) is 0 Å². The Bertz CT molecular complexity index is 1150. The number of rotatable bonds is 5. The van der Waals surface area contributed by atoms with Crippen molar-refractivity contribution in [3.8, 4) is 11.4 Å². The van der Waals surface area contributed by atoms with Gasteiger partial charge in [-0.2, -0.15) is 4.98 Å². The lowest BCUT2D eigenvalue weighted by Gasteiger charge is -2.06. The Labute approximate surface area is 172 Å². The van der Waals surface area contributed by atoms with Gasteiger partial charge in [0, 0.05) is 23.4 Å². The molecule has 142 valence electrons. The fourth-order valence-electron chi connectivity index (χ4n) is 2.97. The molecule has 0 fully saturated rings. The molecule has 4 rings (SSSR count). The van der Waals surface area contributed by atoms with E-state index in [9.17, 15) is 4.79 Å². The molecule has 0 aliphatic rings. The number of thiazole rings is 1. The number of aromatic nitrogens is 3. The van der Waals surface area contributed by atoms with Gasteiger partial charge >= 0.3 is 0 Å². The molecule has 0 saturated heterocycles. The third kappa shape index (κ3) is 3.66. The van der Waals surface area contributed by atoms with Crippen LogP contribution in [0.5, 0.6) is 0 Å². The second kappa shape index (κ2) is 7.73. The molecule has 0 aliphatic heterocycles. The molecule has 2 aromatic heterocycles. The number of nitrogens with one attached hydrogen (secondary N) is 1. The zero-order valence-electron chi connectivity index (χ0n) is 15.6. The van der Waals surface area contributed by atoms with Crippen LogP contribution in [0.4, 0.5) is 0 Å². The predicted octanol–water partition coefficient (Wildman–Crippen LogP) is 4.70. The van der Waals surface area contributed by atoms with Crippen LogP contribution in [-0.2, 0) is 6.42 Å². The first-order valence-corrected chi connectivity index (χ1v) is 10.2. The Morgan fingerprint density at radius 3 is 2.61 bits per heavy atom. The third-order valence-electron chi connectivity index (χ3n) is 4.58. The number of aryl methyl sites for hydroxylation is 2. The summed E-state index contributed by atoms with van der Waals surface area (Å²) in [5.41, 5.74) is 3.76. The van der Waals surface area contributed by atoms with Crippen molar-refractivity contribution in [2.45, 2.75) is 20.3 Å². The summed E-state index contributed by atoms with van der Waals surface area (Å²) in [6, 6.07) is 15.2. The van der Waals surface area contributed by atoms with Gasteiger partial charge in [0.15, 0.2) is 5.82 Å². The molecule has 1 N–H and O–H groups in total. The van der Waals surface area contributed by atoms with E-state index in [1.165, 1.54) is 5.56 Å². The van der Waals surface area contributed by atoms with E-state index in [1.54, 1.807) is 29.5 Å². The fourth-order valence-corrected chi connectivity index (χ4v) is 4.25. The second-order valence-corrected chi connectivity index (χ2v) is 8.06. The summed E-state index contributed by atoms with van der Waals surface area (Å²) >= 11 is 7.68. The minimum atomic E-state index is -0.163. The first-order chi connectivity index (χ1) is 13.5. The maximum atomic E-state index is 12.3. The van der Waals surface area contributed by atoms with Crippen molar-refractivity contribution in [3.05, 3.63) is 75.3 Å². The van der Waals surface area contributed by atoms with Crippen LogP contribution in [0.25, 0.3) is 16.3 Å². The van der Waals surface area contributed by atoms with E-state index in [0.29, 0.717) is 17.1 Å². The highest BCUT2D eigenvalue weighted by Crippen LogP contribution is 2.25. The Hall–Kier alpha value is -2.70. The standard InChI is InChI=1S/C21H19ClN4OS/c1-13-7-9-15(10-8-13)19-24-21-26(25-19)14(2)18(28-21)11-12-23-20(27)16-5-3-4-6-17(16)22/h3-10H,11-12H2,1-2H3,(H,23,27). The van der Waals surface area contributed by atoms with Crippen LogP contribution >= 0.6 is 22.9 Å². The Morgan fingerprint density at radius 2 is 1.89 bits per heavy atom. The minimum Gasteiger partial charge on any atom is -0.352 e. The molecule has 0 saturated carbocycles. The molecule has 0 bridgehead atoms. The normalized spacial score (nSPS) is 11.1. The lowest BCUT2D eigenvalue weighted by Crippen LogP contribution is -2.25. The van der Waals surface area contributed by atoms with Gasteiger partial charge in [0.2, 0.25) is 4.96 Å². The van der Waals surface area contributed by atoms with E-state index in [-0.39, 0.29) is 5.91 Å². The summed E-state index contributed by atoms with van der Waals surface area (Å²) in [7, 11) is 0. The van der Waals surface area contributed by atoms with Crippen LogP contribution in [0.2, 0.25) is 5.02 Å². The van der Waals surface area contributed by atoms with Gasteiger partial charge in [-0.05, 0) is 26.0 Å². The molecule has 0 radical (unpaired) electrons. The lowest BCUT2D eigenvalue weighted by atomic mass is 10.1. The van der Waals surface area contributed by atoms with Crippen molar-refractivity contribution >= 4 is 33.8 Å². The van der Waals surface area contributed by atoms with Crippen LogP contribution in [0.3, 0.4) is 0 Å². The maximum Gasteiger partial charge on any atom is 0.252 e. The molecule has 1 amide bonds. The molecule has 0 aliphatic carbocycles. The highest BCUT2D eigenvalue weighted by Gasteiger charge is 2.15. The number of halogens is 1. The number of hydrogen-bond acceptors (Lipinski definition) is 4. The lowest BCUT2D eigenvalue weighted by molar-refractivity contribution is 0.0954. The van der Waals surface area contributed by atoms with Crippen molar-refractivity contribution in [2.24, 2.45) is 0 Å². The van der Waals surface area contributed by atoms with Crippen LogP contribution in [0.15, 0.2) is 48.5 Å². The van der Waals surface area contributed by atoms with Crippen LogP contribution in [-0.4, -0.2) is 27.0 Å². The van der Waals surface area contributed by atoms with E-state index in [1.807, 2.05) is 29.6 Å². The Kier molecular flexibility index (Phi) is 5.15. The van der Waals surface area contributed by atoms with Crippen LogP contribution in [0.1, 0.15) is 26.5 Å². The Balaban J connectivity index is 1.45. The largest absolute Gasteiger partial charge is 0.352 e. The smallest absolute Gasteiger partial charge is 0.252 e. The first kappa shape index (κ1) is 18.7. The molecule has 4 aromatic rings. The highest BCUT2D eigenvalue weighted by molar-refractivity contribution is 7.17. The van der Waals surface area contributed by atoms with E-state index in [2.05, 4.69) is 34.5 Å². The van der Waals surface area contributed by atoms with Crippen LogP contribution in [0, 0.1) is 13.8 Å². The summed E-state index contributed by atoms with van der Waals surface area (Å²) in [5, 5.41) is 8.03. The molecule has 0 atom stereocenters. The zero-order chi connectivity index (χ0) is 19.7. The number of nitrogens with zero attached hydrogens (tertiary/aromatic N) is 3. The molecule has 2 aromatic carbocycles. The van der Waals surface area contributed by atoms with Gasteiger partial charge < -0.3 is 5.32 Å². The van der Waals surface area contributed by atoms with Gasteiger partial charge in [-0.15, -0.1) is 5.10 Å². The number of hydrogen-bond donors (Lipinski definition) is 1. The van der Waals surface area contributed by atoms with Gasteiger partial charge in [0.1, 0.15) is 0 Å². The average molecular weight is 411 g/mol. The number of amides is 1. The van der Waals surface area contributed by atoms with E-state index < -0.39 is 0 Å². The zero-order valence-corrected chi connectivity index (χ0v) is 17.1. The summed E-state index contributed by atoms with van der Waals surface area (Å²) in [4.78, 5) is 18.9. The number of carbonyl (C=O) groups is 1. The van der Waals surface area contributed by atoms with E-state index in [0.717, 1.165) is 33.3 Å². The second-order valence-electron chi connectivity index (χ2n) is 6.59. The van der Waals surface area contributed by atoms with Crippen molar-refractivity contribution in [1.29, 1.82) is 0 Å². The Morgan fingerprint density at radius 1 is 1.14 bits per heavy atom. The number of carbonyl (C=O) groups excluding carboxylic acids is 1. The van der Waals surface area contributed by atoms with Gasteiger partial charge in [-0.25, -0.2) is 4.52 Å². The third-order valence-corrected chi connectivity index (χ3v) is 6.10. The molecule has 2 heterocycles. The topological polar surface area (TPSA) is 59.3 Å². The first-order valence-electron chi connectivity index (χ1n) is 8.98. The number of fused-ring (bicyclic) bond motifs is 1. The molecule has 28 heavy (non-hydrogen) atoms. The van der Waals surface area contributed by atoms with Gasteiger partial charge in [-0.3, -0.25) is 4.79 Å². The van der Waals surface area contributed by atoms with E-state index >= 15 is 0 Å². The minimum absolute atomic E-state index is 0.163. The summed E-state index contributed by atoms with van der Waals surface area (Å²) < 4.78 is 1.88. The number of benzene rings is 2. The van der Waals surface area contributed by atoms with Crippen molar-refractivity contribution < 1.29 is 4.79 Å². The van der Waals surface area contributed by atoms with Crippen LogP contribution < -0.4 is 5.32 Å². The molecule has 0 unspecified atom stereocenters. The monoisotopic (exact) mass is 410 g/mol. The van der Waals surface area contributed by atoms with Gasteiger partial charge in [0.05, 0.1) is 16.3 Å². The molecular formula is C21H19ClN4OS. The fraction of sp³-hybridized carbons (Fsp3) is 0.190. The molecule has 0 spiro atoms. The molecule has 7 heteroatoms. The molecular weight excluding hydrogens is 392 g/mol. The summed E-state index contributed by atoms with van der Waals surface area (Å²) in [5.74, 6) is 0.567.